The van der Waals surface area contributed by atoms with Crippen LogP contribution >= 0.6 is 0 Å². The van der Waals surface area contributed by atoms with E-state index in [1.165, 1.54) is 17.2 Å². The van der Waals surface area contributed by atoms with Crippen molar-refractivity contribution in [1.82, 2.24) is 0 Å². The molecule has 0 fully saturated rings. The molecule has 1 N–H and O–H groups in total. The van der Waals surface area contributed by atoms with Gasteiger partial charge in [-0.1, -0.05) is 48.5 Å². The fourth-order valence-corrected chi connectivity index (χ4v) is 5.48. The van der Waals surface area contributed by atoms with Crippen molar-refractivity contribution in [1.29, 1.82) is 0 Å². The minimum atomic E-state index is -1.68. The number of carbonyl (C=O) groups is 1. The van der Waals surface area contributed by atoms with Gasteiger partial charge in [0.2, 0.25) is 0 Å². The van der Waals surface area contributed by atoms with Gasteiger partial charge in [-0.15, -0.1) is 0 Å². The van der Waals surface area contributed by atoms with Gasteiger partial charge in [0.15, 0.2) is 8.32 Å². The molecular weight excluding hydrogens is 440 g/mol. The van der Waals surface area contributed by atoms with E-state index in [-0.39, 0.29) is 15.9 Å². The normalized spacial score (nSPS) is 17.9. The second-order valence-electron chi connectivity index (χ2n) is 12.8. The highest BCUT2D eigenvalue weighted by atomic mass is 28.4. The summed E-state index contributed by atoms with van der Waals surface area (Å²) >= 11 is 0. The molecule has 1 aliphatic carbocycles. The monoisotopic (exact) mass is 488 g/mol. The summed E-state index contributed by atoms with van der Waals surface area (Å²) in [6.45, 7) is 23.9. The Balaban J connectivity index is 2.13. The van der Waals surface area contributed by atoms with Gasteiger partial charge in [0.25, 0.3) is 0 Å². The van der Waals surface area contributed by atoms with E-state index < -0.39 is 14.3 Å². The first kappa shape index (κ1) is 28.6. The summed E-state index contributed by atoms with van der Waals surface area (Å²) in [4.78, 5) is 11.4. The summed E-state index contributed by atoms with van der Waals surface area (Å²) in [6, 6.07) is 4.37. The van der Waals surface area contributed by atoms with E-state index in [0.717, 1.165) is 55.6 Å². The molecule has 0 spiro atoms. The van der Waals surface area contributed by atoms with Crippen LogP contribution in [0, 0.1) is 0 Å². The molecule has 2 rings (SSSR count). The van der Waals surface area contributed by atoms with Gasteiger partial charge in [-0.3, -0.25) is 0 Å². The second kappa shape index (κ2) is 10.6. The van der Waals surface area contributed by atoms with Gasteiger partial charge < -0.3 is 14.3 Å². The van der Waals surface area contributed by atoms with Crippen LogP contribution in [0.1, 0.15) is 104 Å². The van der Waals surface area contributed by atoms with Gasteiger partial charge in [0.05, 0.1) is 6.61 Å². The van der Waals surface area contributed by atoms with Crippen LogP contribution in [-0.2, 0) is 20.1 Å². The van der Waals surface area contributed by atoms with Crippen LogP contribution in [0.15, 0.2) is 18.2 Å². The highest BCUT2D eigenvalue weighted by molar-refractivity contribution is 6.74. The van der Waals surface area contributed by atoms with Crippen molar-refractivity contribution in [3.05, 3.63) is 34.9 Å². The number of hydrogen-bond donors (Lipinski definition) is 1. The Morgan fingerprint density at radius 2 is 1.53 bits per heavy atom. The number of aliphatic carboxylic acids is 1. The number of hydrogen-bond acceptors (Lipinski definition) is 3. The van der Waals surface area contributed by atoms with Crippen molar-refractivity contribution in [2.45, 2.75) is 116 Å². The van der Waals surface area contributed by atoms with Crippen molar-refractivity contribution >= 4 is 19.9 Å². The molecule has 192 valence electrons. The minimum absolute atomic E-state index is 0.0613. The van der Waals surface area contributed by atoms with Crippen molar-refractivity contribution < 1.29 is 19.1 Å². The Hall–Kier alpha value is -1.59. The molecule has 4 nitrogen and oxygen atoms in total. The molecule has 0 saturated heterocycles. The van der Waals surface area contributed by atoms with Gasteiger partial charge in [-0.25, -0.2) is 4.79 Å². The molecule has 0 aliphatic heterocycles. The molecule has 0 heterocycles. The van der Waals surface area contributed by atoms with Gasteiger partial charge in [-0.05, 0) is 96.8 Å². The van der Waals surface area contributed by atoms with Crippen LogP contribution in [0.3, 0.4) is 0 Å². The minimum Gasteiger partial charge on any atom is -0.493 e. The maximum absolute atomic E-state index is 11.4. The molecule has 0 aromatic heterocycles. The van der Waals surface area contributed by atoms with E-state index in [2.05, 4.69) is 73.7 Å². The fraction of sp³-hybridized carbons (Fsp3) is 0.690. The topological polar surface area (TPSA) is 55.8 Å². The summed E-state index contributed by atoms with van der Waals surface area (Å²) in [5, 5.41) is 9.58. The molecule has 34 heavy (non-hydrogen) atoms. The number of unbranched alkanes of at least 4 members (excludes halogenated alkanes) is 2. The fourth-order valence-electron chi connectivity index (χ4n) is 4.39. The summed E-state index contributed by atoms with van der Waals surface area (Å²) in [5.74, 6) is -0.125. The van der Waals surface area contributed by atoms with Gasteiger partial charge >= 0.3 is 5.97 Å². The maximum atomic E-state index is 11.4. The number of allylic oxidation sites excluding steroid dienone is 1. The largest absolute Gasteiger partial charge is 0.493 e. The summed E-state index contributed by atoms with van der Waals surface area (Å²) in [7, 11) is -1.68. The smallest absolute Gasteiger partial charge is 0.328 e. The molecule has 1 aliphatic rings. The molecule has 0 radical (unpaired) electrons. The van der Waals surface area contributed by atoms with E-state index in [1.54, 1.807) is 0 Å². The quantitative estimate of drug-likeness (QED) is 0.205. The lowest BCUT2D eigenvalue weighted by molar-refractivity contribution is -0.131. The third-order valence-electron chi connectivity index (χ3n) is 8.03. The third-order valence-corrected chi connectivity index (χ3v) is 12.6. The summed E-state index contributed by atoms with van der Waals surface area (Å²) < 4.78 is 12.6. The first-order valence-electron chi connectivity index (χ1n) is 12.9. The highest BCUT2D eigenvalue weighted by Gasteiger charge is 2.38. The lowest BCUT2D eigenvalue weighted by atomic mass is 9.62. The van der Waals surface area contributed by atoms with Crippen LogP contribution in [0.5, 0.6) is 5.75 Å². The Kier molecular flexibility index (Phi) is 8.91. The number of carboxylic acids is 1. The number of rotatable bonds is 10. The maximum Gasteiger partial charge on any atom is 0.328 e. The van der Waals surface area contributed by atoms with Gasteiger partial charge in [-0.2, -0.15) is 0 Å². The van der Waals surface area contributed by atoms with E-state index in [0.29, 0.717) is 6.61 Å². The standard InChI is InChI=1S/C29H48O4Si/c1-21(18-26(30)31)22-19-23-24(29(7,8)15-14-28(23,5)6)20-25(22)32-16-12-11-13-17-33-34(9,10)27(2,3)4/h18-20H,11-17H2,1-10H3,(H,30,31)/b21-18-. The molecule has 1 aromatic rings. The number of fused-ring (bicyclic) bond motifs is 1. The molecule has 5 heteroatoms. The van der Waals surface area contributed by atoms with Crippen molar-refractivity contribution in [2.75, 3.05) is 13.2 Å². The van der Waals surface area contributed by atoms with Crippen molar-refractivity contribution in [3.63, 3.8) is 0 Å². The molecule has 0 atom stereocenters. The Morgan fingerprint density at radius 3 is 2.06 bits per heavy atom. The Bertz CT molecular complexity index is 903. The predicted octanol–water partition coefficient (Wildman–Crippen LogP) is 8.09. The number of benzene rings is 1. The zero-order valence-corrected chi connectivity index (χ0v) is 24.4. The average molecular weight is 489 g/mol. The lowest BCUT2D eigenvalue weighted by Gasteiger charge is -2.42. The average Bonchev–Trinajstić information content (AvgIpc) is 2.69. The molecular formula is C29H48O4Si. The van der Waals surface area contributed by atoms with Crippen LogP contribution in [0.4, 0.5) is 0 Å². The van der Waals surface area contributed by atoms with Gasteiger partial charge in [0, 0.05) is 18.2 Å². The molecule has 0 saturated carbocycles. The highest BCUT2D eigenvalue weighted by Crippen LogP contribution is 2.48. The second-order valence-corrected chi connectivity index (χ2v) is 17.7. The Morgan fingerprint density at radius 1 is 1.00 bits per heavy atom. The first-order valence-corrected chi connectivity index (χ1v) is 15.8. The third kappa shape index (κ3) is 6.97. The van der Waals surface area contributed by atoms with Crippen molar-refractivity contribution in [2.24, 2.45) is 0 Å². The van der Waals surface area contributed by atoms with Crippen LogP contribution < -0.4 is 4.74 Å². The molecule has 0 amide bonds. The zero-order valence-electron chi connectivity index (χ0n) is 23.4. The number of carboxylic acid groups (broad SMARTS) is 1. The predicted molar refractivity (Wildman–Crippen MR) is 146 cm³/mol. The Labute approximate surface area is 209 Å². The SMILES string of the molecule is C/C(=C/C(=O)O)c1cc2c(cc1OCCCCCO[Si](C)(C)C(C)(C)C)C(C)(C)CCC2(C)C. The van der Waals surface area contributed by atoms with E-state index in [4.69, 9.17) is 9.16 Å². The van der Waals surface area contributed by atoms with Crippen LogP contribution in [0.25, 0.3) is 5.57 Å². The van der Waals surface area contributed by atoms with Crippen LogP contribution in [-0.4, -0.2) is 32.6 Å². The van der Waals surface area contributed by atoms with E-state index in [1.807, 2.05) is 6.92 Å². The number of ether oxygens (including phenoxy) is 1. The van der Waals surface area contributed by atoms with Gasteiger partial charge in [0.1, 0.15) is 5.75 Å². The molecule has 1 aromatic carbocycles. The van der Waals surface area contributed by atoms with E-state index >= 15 is 0 Å². The molecule has 0 bridgehead atoms. The summed E-state index contributed by atoms with van der Waals surface area (Å²) in [5.41, 5.74) is 4.40. The summed E-state index contributed by atoms with van der Waals surface area (Å²) in [6.07, 6.45) is 6.57. The zero-order chi connectivity index (χ0) is 25.9. The van der Waals surface area contributed by atoms with E-state index in [9.17, 15) is 9.90 Å². The molecule has 0 unspecified atom stereocenters. The first-order chi connectivity index (χ1) is 15.5. The van der Waals surface area contributed by atoms with Crippen molar-refractivity contribution in [3.8, 4) is 5.75 Å². The lowest BCUT2D eigenvalue weighted by Crippen LogP contribution is -2.40. The van der Waals surface area contributed by atoms with Crippen LogP contribution in [0.2, 0.25) is 18.1 Å².